The number of aryl methyl sites for hydroxylation is 1. The van der Waals surface area contributed by atoms with Crippen LogP contribution in [0.1, 0.15) is 38.8 Å². The standard InChI is InChI=1S/C16H19N.2C2H6/c1-13-9-10-15(11-16(13)12-17(2)3)14-7-5-4-6-8-14;2*1-2/h4-11H,12H2,1-3H3;2*1-2H3. The van der Waals surface area contributed by atoms with Crippen LogP contribution in [-0.4, -0.2) is 19.0 Å². The molecule has 1 nitrogen and oxygen atoms in total. The van der Waals surface area contributed by atoms with Crippen LogP contribution in [0, 0.1) is 6.92 Å². The molecular weight excluding hydrogens is 254 g/mol. The number of hydrogen-bond donors (Lipinski definition) is 0. The maximum atomic E-state index is 2.30. The van der Waals surface area contributed by atoms with Gasteiger partial charge in [-0.15, -0.1) is 0 Å². The third kappa shape index (κ3) is 6.59. The highest BCUT2D eigenvalue weighted by molar-refractivity contribution is 5.64. The van der Waals surface area contributed by atoms with Crippen molar-refractivity contribution in [3.63, 3.8) is 0 Å². The Kier molecular flexibility index (Phi) is 10.3. The Hall–Kier alpha value is -1.60. The van der Waals surface area contributed by atoms with E-state index in [9.17, 15) is 0 Å². The summed E-state index contributed by atoms with van der Waals surface area (Å²) in [6, 6.07) is 17.2. The predicted molar refractivity (Wildman–Crippen MR) is 96.7 cm³/mol. The van der Waals surface area contributed by atoms with Gasteiger partial charge in [0.25, 0.3) is 0 Å². The zero-order chi connectivity index (χ0) is 16.3. The van der Waals surface area contributed by atoms with Crippen LogP contribution in [-0.2, 0) is 6.54 Å². The minimum Gasteiger partial charge on any atom is -0.305 e. The van der Waals surface area contributed by atoms with E-state index in [1.165, 1.54) is 22.3 Å². The minimum absolute atomic E-state index is 0.993. The Bertz CT molecular complexity index is 486. The molecular formula is C20H31N. The van der Waals surface area contributed by atoms with Crippen molar-refractivity contribution in [3.05, 3.63) is 59.7 Å². The van der Waals surface area contributed by atoms with Crippen molar-refractivity contribution >= 4 is 0 Å². The van der Waals surface area contributed by atoms with Gasteiger partial charge in [0, 0.05) is 6.54 Å². The molecule has 0 heterocycles. The van der Waals surface area contributed by atoms with Crippen LogP contribution in [0.5, 0.6) is 0 Å². The summed E-state index contributed by atoms with van der Waals surface area (Å²) in [5.74, 6) is 0. The molecule has 0 aliphatic heterocycles. The molecule has 0 saturated carbocycles. The van der Waals surface area contributed by atoms with E-state index in [1.54, 1.807) is 0 Å². The van der Waals surface area contributed by atoms with Crippen molar-refractivity contribution in [2.75, 3.05) is 14.1 Å². The maximum absolute atomic E-state index is 2.30. The predicted octanol–water partition coefficient (Wildman–Crippen LogP) is 5.78. The average molecular weight is 285 g/mol. The first-order chi connectivity index (χ1) is 10.2. The first kappa shape index (κ1) is 19.4. The van der Waals surface area contributed by atoms with E-state index in [0.717, 1.165) is 6.54 Å². The van der Waals surface area contributed by atoms with Gasteiger partial charge in [0.15, 0.2) is 0 Å². The molecule has 0 spiro atoms. The minimum atomic E-state index is 0.993. The van der Waals surface area contributed by atoms with Crippen molar-refractivity contribution in [3.8, 4) is 11.1 Å². The van der Waals surface area contributed by atoms with Gasteiger partial charge >= 0.3 is 0 Å². The molecule has 2 aromatic carbocycles. The zero-order valence-corrected chi connectivity index (χ0v) is 14.8. The van der Waals surface area contributed by atoms with Gasteiger partial charge in [0.2, 0.25) is 0 Å². The molecule has 0 aliphatic rings. The lowest BCUT2D eigenvalue weighted by Gasteiger charge is -2.13. The van der Waals surface area contributed by atoms with E-state index in [2.05, 4.69) is 74.4 Å². The molecule has 2 rings (SSSR count). The molecule has 0 fully saturated rings. The maximum Gasteiger partial charge on any atom is 0.0230 e. The molecule has 0 aromatic heterocycles. The number of benzene rings is 2. The summed E-state index contributed by atoms with van der Waals surface area (Å²) < 4.78 is 0. The normalized spacial score (nSPS) is 9.33. The molecule has 116 valence electrons. The third-order valence-corrected chi connectivity index (χ3v) is 2.94. The van der Waals surface area contributed by atoms with Gasteiger partial charge in [-0.2, -0.15) is 0 Å². The summed E-state index contributed by atoms with van der Waals surface area (Å²) in [6.07, 6.45) is 0. The monoisotopic (exact) mass is 285 g/mol. The molecule has 0 unspecified atom stereocenters. The fourth-order valence-electron chi connectivity index (χ4n) is 1.99. The molecule has 0 amide bonds. The Balaban J connectivity index is 0.000000921. The van der Waals surface area contributed by atoms with Crippen molar-refractivity contribution in [1.29, 1.82) is 0 Å². The van der Waals surface area contributed by atoms with Gasteiger partial charge in [-0.1, -0.05) is 70.2 Å². The highest BCUT2D eigenvalue weighted by Crippen LogP contribution is 2.22. The summed E-state index contributed by atoms with van der Waals surface area (Å²) >= 11 is 0. The molecule has 0 saturated heterocycles. The molecule has 21 heavy (non-hydrogen) atoms. The van der Waals surface area contributed by atoms with Crippen LogP contribution >= 0.6 is 0 Å². The van der Waals surface area contributed by atoms with Crippen LogP contribution in [0.15, 0.2) is 48.5 Å². The average Bonchev–Trinajstić information content (AvgIpc) is 2.54. The van der Waals surface area contributed by atoms with Crippen molar-refractivity contribution in [1.82, 2.24) is 4.90 Å². The molecule has 0 bridgehead atoms. The van der Waals surface area contributed by atoms with Crippen molar-refractivity contribution in [2.45, 2.75) is 41.2 Å². The summed E-state index contributed by atoms with van der Waals surface area (Å²) in [5.41, 5.74) is 5.34. The van der Waals surface area contributed by atoms with Crippen molar-refractivity contribution in [2.24, 2.45) is 0 Å². The van der Waals surface area contributed by atoms with Crippen LogP contribution in [0.25, 0.3) is 11.1 Å². The summed E-state index contributed by atoms with van der Waals surface area (Å²) in [4.78, 5) is 2.21. The topological polar surface area (TPSA) is 3.24 Å². The second kappa shape index (κ2) is 11.1. The Morgan fingerprint density at radius 3 is 1.86 bits per heavy atom. The summed E-state index contributed by atoms with van der Waals surface area (Å²) in [6.45, 7) is 11.2. The smallest absolute Gasteiger partial charge is 0.0230 e. The van der Waals surface area contributed by atoms with Gasteiger partial charge in [-0.05, 0) is 49.3 Å². The molecule has 0 N–H and O–H groups in total. The highest BCUT2D eigenvalue weighted by Gasteiger charge is 2.03. The van der Waals surface area contributed by atoms with E-state index in [-0.39, 0.29) is 0 Å². The van der Waals surface area contributed by atoms with Gasteiger partial charge in [-0.25, -0.2) is 0 Å². The Labute approximate surface area is 131 Å². The Morgan fingerprint density at radius 2 is 1.33 bits per heavy atom. The lowest BCUT2D eigenvalue weighted by atomic mass is 9.99. The van der Waals surface area contributed by atoms with Crippen LogP contribution in [0.4, 0.5) is 0 Å². The zero-order valence-electron chi connectivity index (χ0n) is 14.8. The van der Waals surface area contributed by atoms with E-state index < -0.39 is 0 Å². The quantitative estimate of drug-likeness (QED) is 0.691. The second-order valence-corrected chi connectivity index (χ2v) is 4.75. The van der Waals surface area contributed by atoms with E-state index in [4.69, 9.17) is 0 Å². The molecule has 2 aromatic rings. The van der Waals surface area contributed by atoms with E-state index in [1.807, 2.05) is 27.7 Å². The third-order valence-electron chi connectivity index (χ3n) is 2.94. The van der Waals surface area contributed by atoms with Crippen LogP contribution in [0.3, 0.4) is 0 Å². The molecule has 0 radical (unpaired) electrons. The number of rotatable bonds is 3. The molecule has 0 aliphatic carbocycles. The molecule has 0 atom stereocenters. The fraction of sp³-hybridized carbons (Fsp3) is 0.400. The van der Waals surface area contributed by atoms with Gasteiger partial charge in [-0.3, -0.25) is 0 Å². The summed E-state index contributed by atoms with van der Waals surface area (Å²) in [7, 11) is 4.21. The number of nitrogens with zero attached hydrogens (tertiary/aromatic N) is 1. The molecule has 1 heteroatoms. The van der Waals surface area contributed by atoms with Gasteiger partial charge in [0.05, 0.1) is 0 Å². The van der Waals surface area contributed by atoms with Gasteiger partial charge in [0.1, 0.15) is 0 Å². The number of hydrogen-bond acceptors (Lipinski definition) is 1. The van der Waals surface area contributed by atoms with Crippen LogP contribution < -0.4 is 0 Å². The second-order valence-electron chi connectivity index (χ2n) is 4.75. The van der Waals surface area contributed by atoms with Gasteiger partial charge < -0.3 is 4.90 Å². The lowest BCUT2D eigenvalue weighted by Crippen LogP contribution is -2.11. The first-order valence-electron chi connectivity index (χ1n) is 7.96. The fourth-order valence-corrected chi connectivity index (χ4v) is 1.99. The van der Waals surface area contributed by atoms with Crippen LogP contribution in [0.2, 0.25) is 0 Å². The highest BCUT2D eigenvalue weighted by atomic mass is 15.0. The Morgan fingerprint density at radius 1 is 0.762 bits per heavy atom. The lowest BCUT2D eigenvalue weighted by molar-refractivity contribution is 0.401. The van der Waals surface area contributed by atoms with E-state index in [0.29, 0.717) is 0 Å². The summed E-state index contributed by atoms with van der Waals surface area (Å²) in [5, 5.41) is 0. The van der Waals surface area contributed by atoms with Crippen molar-refractivity contribution < 1.29 is 0 Å². The van der Waals surface area contributed by atoms with E-state index >= 15 is 0 Å². The SMILES string of the molecule is CC.CC.Cc1ccc(-c2ccccc2)cc1CN(C)C. The first-order valence-corrected chi connectivity index (χ1v) is 7.96. The largest absolute Gasteiger partial charge is 0.305 e.